The summed E-state index contributed by atoms with van der Waals surface area (Å²) in [5, 5.41) is 6.92. The van der Waals surface area contributed by atoms with Gasteiger partial charge in [-0.25, -0.2) is 0 Å². The number of aryl methyl sites for hydroxylation is 1. The Morgan fingerprint density at radius 2 is 1.78 bits per heavy atom. The Morgan fingerprint density at radius 1 is 1.03 bits per heavy atom. The molecular formula is C26H30N4O2. The number of anilines is 2. The minimum absolute atomic E-state index is 0.0208. The van der Waals surface area contributed by atoms with Crippen LogP contribution in [0.4, 0.5) is 11.4 Å². The van der Waals surface area contributed by atoms with Gasteiger partial charge in [0.1, 0.15) is 0 Å². The van der Waals surface area contributed by atoms with E-state index in [1.807, 2.05) is 32.2 Å². The van der Waals surface area contributed by atoms with Gasteiger partial charge in [-0.2, -0.15) is 0 Å². The Labute approximate surface area is 189 Å². The molecule has 2 heterocycles. The fraction of sp³-hybridized carbons (Fsp3) is 0.346. The van der Waals surface area contributed by atoms with Crippen molar-refractivity contribution in [3.8, 4) is 0 Å². The number of benzene rings is 2. The SMILES string of the molecule is CCCC(=O)Nc1ccc(C(=O)Nc2ccc3cc(CN4CCCC4)cnc3c2C)cc1. The highest BCUT2D eigenvalue weighted by Gasteiger charge is 2.14. The molecule has 166 valence electrons. The first-order chi connectivity index (χ1) is 15.5. The van der Waals surface area contributed by atoms with E-state index < -0.39 is 0 Å². The number of pyridine rings is 1. The minimum Gasteiger partial charge on any atom is -0.326 e. The largest absolute Gasteiger partial charge is 0.326 e. The lowest BCUT2D eigenvalue weighted by Gasteiger charge is -2.15. The van der Waals surface area contributed by atoms with Crippen LogP contribution in [0.1, 0.15) is 54.1 Å². The Balaban J connectivity index is 1.45. The molecule has 2 aromatic carbocycles. The predicted molar refractivity (Wildman–Crippen MR) is 129 cm³/mol. The van der Waals surface area contributed by atoms with Crippen molar-refractivity contribution in [1.82, 2.24) is 9.88 Å². The Bertz CT molecular complexity index is 1120. The number of aromatic nitrogens is 1. The second-order valence-electron chi connectivity index (χ2n) is 8.47. The first kappa shape index (κ1) is 22.0. The van der Waals surface area contributed by atoms with E-state index in [0.29, 0.717) is 17.7 Å². The van der Waals surface area contributed by atoms with Gasteiger partial charge in [-0.3, -0.25) is 19.5 Å². The van der Waals surface area contributed by atoms with Crippen LogP contribution in [0.5, 0.6) is 0 Å². The summed E-state index contributed by atoms with van der Waals surface area (Å²) in [5.74, 6) is -0.211. The third-order valence-corrected chi connectivity index (χ3v) is 5.92. The maximum Gasteiger partial charge on any atom is 0.255 e. The molecule has 0 atom stereocenters. The molecule has 6 nitrogen and oxygen atoms in total. The van der Waals surface area contributed by atoms with Gasteiger partial charge in [-0.1, -0.05) is 13.0 Å². The number of fused-ring (bicyclic) bond motifs is 1. The normalized spacial score (nSPS) is 13.9. The van der Waals surface area contributed by atoms with E-state index in [9.17, 15) is 9.59 Å². The highest BCUT2D eigenvalue weighted by atomic mass is 16.2. The molecule has 4 rings (SSSR count). The van der Waals surface area contributed by atoms with Crippen molar-refractivity contribution in [3.63, 3.8) is 0 Å². The van der Waals surface area contributed by atoms with Crippen molar-refractivity contribution in [3.05, 3.63) is 65.4 Å². The smallest absolute Gasteiger partial charge is 0.255 e. The number of rotatable bonds is 7. The molecule has 1 aromatic heterocycles. The van der Waals surface area contributed by atoms with E-state index in [0.717, 1.165) is 48.2 Å². The molecule has 0 aliphatic carbocycles. The fourth-order valence-corrected chi connectivity index (χ4v) is 4.16. The Hall–Kier alpha value is -3.25. The van der Waals surface area contributed by atoms with Crippen LogP contribution in [0.15, 0.2) is 48.7 Å². The highest BCUT2D eigenvalue weighted by Crippen LogP contribution is 2.26. The monoisotopic (exact) mass is 430 g/mol. The molecule has 3 aromatic rings. The third kappa shape index (κ3) is 5.14. The van der Waals surface area contributed by atoms with Crippen molar-refractivity contribution in [2.75, 3.05) is 23.7 Å². The van der Waals surface area contributed by atoms with E-state index in [1.165, 1.54) is 18.4 Å². The maximum absolute atomic E-state index is 12.8. The number of carbonyl (C=O) groups excluding carboxylic acids is 2. The number of nitrogens with zero attached hydrogens (tertiary/aromatic N) is 2. The molecule has 32 heavy (non-hydrogen) atoms. The van der Waals surface area contributed by atoms with Gasteiger partial charge in [0.15, 0.2) is 0 Å². The number of likely N-dealkylation sites (tertiary alicyclic amines) is 1. The average Bonchev–Trinajstić information content (AvgIpc) is 3.29. The summed E-state index contributed by atoms with van der Waals surface area (Å²) < 4.78 is 0. The number of hydrogen-bond acceptors (Lipinski definition) is 4. The van der Waals surface area contributed by atoms with E-state index in [1.54, 1.807) is 24.3 Å². The van der Waals surface area contributed by atoms with Crippen molar-refractivity contribution < 1.29 is 9.59 Å². The van der Waals surface area contributed by atoms with E-state index in [2.05, 4.69) is 21.6 Å². The van der Waals surface area contributed by atoms with E-state index in [-0.39, 0.29) is 11.8 Å². The second kappa shape index (κ2) is 9.92. The fourth-order valence-electron chi connectivity index (χ4n) is 4.16. The van der Waals surface area contributed by atoms with Crippen LogP contribution >= 0.6 is 0 Å². The summed E-state index contributed by atoms with van der Waals surface area (Å²) in [5.41, 5.74) is 5.06. The van der Waals surface area contributed by atoms with Crippen LogP contribution in [0, 0.1) is 6.92 Å². The molecule has 6 heteroatoms. The molecule has 0 saturated carbocycles. The van der Waals surface area contributed by atoms with Gasteiger partial charge >= 0.3 is 0 Å². The van der Waals surface area contributed by atoms with Crippen LogP contribution < -0.4 is 10.6 Å². The molecule has 1 aliphatic heterocycles. The van der Waals surface area contributed by atoms with Crippen LogP contribution in [0.25, 0.3) is 10.9 Å². The lowest BCUT2D eigenvalue weighted by Crippen LogP contribution is -2.18. The van der Waals surface area contributed by atoms with E-state index >= 15 is 0 Å². The summed E-state index contributed by atoms with van der Waals surface area (Å²) in [6.07, 6.45) is 5.78. The third-order valence-electron chi connectivity index (χ3n) is 5.92. The van der Waals surface area contributed by atoms with Gasteiger partial charge in [0.05, 0.1) is 5.52 Å². The van der Waals surface area contributed by atoms with Crippen molar-refractivity contribution in [2.45, 2.75) is 46.1 Å². The molecule has 2 amide bonds. The molecule has 1 aliphatic rings. The summed E-state index contributed by atoms with van der Waals surface area (Å²) in [4.78, 5) is 31.6. The molecule has 1 saturated heterocycles. The molecule has 0 radical (unpaired) electrons. The maximum atomic E-state index is 12.8. The minimum atomic E-state index is -0.190. The van der Waals surface area contributed by atoms with Crippen LogP contribution in [0.3, 0.4) is 0 Å². The number of nitrogens with one attached hydrogen (secondary N) is 2. The zero-order chi connectivity index (χ0) is 22.5. The first-order valence-electron chi connectivity index (χ1n) is 11.4. The van der Waals surface area contributed by atoms with Crippen LogP contribution in [-0.2, 0) is 11.3 Å². The second-order valence-corrected chi connectivity index (χ2v) is 8.47. The Morgan fingerprint density at radius 3 is 2.50 bits per heavy atom. The highest BCUT2D eigenvalue weighted by molar-refractivity contribution is 6.06. The van der Waals surface area contributed by atoms with Gasteiger partial charge in [0.25, 0.3) is 5.91 Å². The zero-order valence-electron chi connectivity index (χ0n) is 18.8. The van der Waals surface area contributed by atoms with Crippen LogP contribution in [0.2, 0.25) is 0 Å². The summed E-state index contributed by atoms with van der Waals surface area (Å²) in [7, 11) is 0. The summed E-state index contributed by atoms with van der Waals surface area (Å²) in [6, 6.07) is 13.1. The molecule has 1 fully saturated rings. The summed E-state index contributed by atoms with van der Waals surface area (Å²) in [6.45, 7) is 7.21. The van der Waals surface area contributed by atoms with Crippen molar-refractivity contribution in [1.29, 1.82) is 0 Å². The van der Waals surface area contributed by atoms with Crippen molar-refractivity contribution in [2.24, 2.45) is 0 Å². The zero-order valence-corrected chi connectivity index (χ0v) is 18.8. The number of amides is 2. The van der Waals surface area contributed by atoms with Crippen molar-refractivity contribution >= 4 is 34.1 Å². The predicted octanol–water partition coefficient (Wildman–Crippen LogP) is 5.13. The molecule has 2 N–H and O–H groups in total. The standard InChI is InChI=1S/C26H30N4O2/c1-3-6-24(31)28-22-10-7-20(8-11-22)26(32)29-23-12-9-21-15-19(16-27-25(21)18(23)2)17-30-13-4-5-14-30/h7-12,15-16H,3-6,13-14,17H2,1-2H3,(H,28,31)(H,29,32). The number of carbonyl (C=O) groups is 2. The van der Waals surface area contributed by atoms with Gasteiger partial charge in [-0.05, 0) is 86.8 Å². The van der Waals surface area contributed by atoms with Gasteiger partial charge in [0, 0.05) is 41.5 Å². The lowest BCUT2D eigenvalue weighted by molar-refractivity contribution is -0.116. The molecule has 0 bridgehead atoms. The summed E-state index contributed by atoms with van der Waals surface area (Å²) >= 11 is 0. The average molecular weight is 431 g/mol. The molecule has 0 spiro atoms. The first-order valence-corrected chi connectivity index (χ1v) is 11.4. The lowest BCUT2D eigenvalue weighted by atomic mass is 10.1. The van der Waals surface area contributed by atoms with Gasteiger partial charge in [-0.15, -0.1) is 0 Å². The van der Waals surface area contributed by atoms with Crippen LogP contribution in [-0.4, -0.2) is 34.8 Å². The number of hydrogen-bond donors (Lipinski definition) is 2. The Kier molecular flexibility index (Phi) is 6.81. The van der Waals surface area contributed by atoms with Gasteiger partial charge < -0.3 is 10.6 Å². The topological polar surface area (TPSA) is 74.3 Å². The molecule has 0 unspecified atom stereocenters. The van der Waals surface area contributed by atoms with Gasteiger partial charge in [0.2, 0.25) is 5.91 Å². The quantitative estimate of drug-likeness (QED) is 0.545. The molecular weight excluding hydrogens is 400 g/mol. The van der Waals surface area contributed by atoms with E-state index in [4.69, 9.17) is 4.98 Å².